The number of rotatable bonds is 4. The van der Waals surface area contributed by atoms with Crippen molar-refractivity contribution in [2.75, 3.05) is 12.3 Å². The van der Waals surface area contributed by atoms with Crippen LogP contribution in [0, 0.1) is 0 Å². The van der Waals surface area contributed by atoms with Crippen LogP contribution in [-0.4, -0.2) is 23.2 Å². The number of hydrogen-bond donors (Lipinski definition) is 3. The molecule has 0 radical (unpaired) electrons. The molecule has 88 valence electrons. The van der Waals surface area contributed by atoms with Crippen LogP contribution in [-0.2, 0) is 0 Å². The Bertz CT molecular complexity index is 373. The van der Waals surface area contributed by atoms with Gasteiger partial charge in [0.2, 0.25) is 0 Å². The fraction of sp³-hybridized carbons (Fsp3) is 0.417. The molecule has 1 aromatic rings. The maximum absolute atomic E-state index is 11.9. The van der Waals surface area contributed by atoms with E-state index in [4.69, 9.17) is 5.73 Å². The fourth-order valence-electron chi connectivity index (χ4n) is 1.28. The molecule has 4 nitrogen and oxygen atoms in total. The van der Waals surface area contributed by atoms with Crippen molar-refractivity contribution in [2.45, 2.75) is 25.8 Å². The molecule has 0 bridgehead atoms. The maximum Gasteiger partial charge on any atom is 0.253 e. The predicted octanol–water partition coefficient (Wildman–Crippen LogP) is 1.16. The molecule has 0 aliphatic carbocycles. The molecule has 0 aromatic heterocycles. The van der Waals surface area contributed by atoms with Gasteiger partial charge in [-0.3, -0.25) is 4.79 Å². The third kappa shape index (κ3) is 2.73. The van der Waals surface area contributed by atoms with E-state index >= 15 is 0 Å². The SMILES string of the molecule is CCC(C)(CO)NC(=O)c1ccccc1N. The van der Waals surface area contributed by atoms with Gasteiger partial charge < -0.3 is 16.2 Å². The molecule has 4 N–H and O–H groups in total. The van der Waals surface area contributed by atoms with Crippen molar-refractivity contribution >= 4 is 11.6 Å². The first-order chi connectivity index (χ1) is 7.52. The molecule has 1 aromatic carbocycles. The number of anilines is 1. The molecule has 0 aliphatic heterocycles. The van der Waals surface area contributed by atoms with Gasteiger partial charge in [0.05, 0.1) is 17.7 Å². The molecular weight excluding hydrogens is 204 g/mol. The summed E-state index contributed by atoms with van der Waals surface area (Å²) in [5.74, 6) is -0.253. The largest absolute Gasteiger partial charge is 0.398 e. The monoisotopic (exact) mass is 222 g/mol. The lowest BCUT2D eigenvalue weighted by Crippen LogP contribution is -2.48. The van der Waals surface area contributed by atoms with E-state index in [0.29, 0.717) is 17.7 Å². The lowest BCUT2D eigenvalue weighted by atomic mass is 9.99. The third-order valence-electron chi connectivity index (χ3n) is 2.75. The number of nitrogen functional groups attached to an aromatic ring is 1. The van der Waals surface area contributed by atoms with Gasteiger partial charge in [-0.25, -0.2) is 0 Å². The first-order valence-electron chi connectivity index (χ1n) is 5.30. The van der Waals surface area contributed by atoms with Crippen LogP contribution in [0.1, 0.15) is 30.6 Å². The van der Waals surface area contributed by atoms with Crippen LogP contribution in [0.15, 0.2) is 24.3 Å². The van der Waals surface area contributed by atoms with E-state index in [1.165, 1.54) is 0 Å². The van der Waals surface area contributed by atoms with Crippen molar-refractivity contribution in [1.29, 1.82) is 0 Å². The highest BCUT2D eigenvalue weighted by Crippen LogP contribution is 2.14. The van der Waals surface area contributed by atoms with Gasteiger partial charge >= 0.3 is 0 Å². The third-order valence-corrected chi connectivity index (χ3v) is 2.75. The quantitative estimate of drug-likeness (QED) is 0.669. The lowest BCUT2D eigenvalue weighted by molar-refractivity contribution is 0.0848. The van der Waals surface area contributed by atoms with E-state index in [0.717, 1.165) is 0 Å². The Balaban J connectivity index is 2.84. The van der Waals surface area contributed by atoms with Crippen molar-refractivity contribution in [3.8, 4) is 0 Å². The molecule has 1 unspecified atom stereocenters. The summed E-state index contributed by atoms with van der Waals surface area (Å²) in [7, 11) is 0. The van der Waals surface area contributed by atoms with E-state index in [9.17, 15) is 9.90 Å². The number of para-hydroxylation sites is 1. The van der Waals surface area contributed by atoms with Crippen molar-refractivity contribution < 1.29 is 9.90 Å². The van der Waals surface area contributed by atoms with Crippen LogP contribution < -0.4 is 11.1 Å². The second-order valence-corrected chi connectivity index (χ2v) is 4.11. The second kappa shape index (κ2) is 4.99. The number of carbonyl (C=O) groups excluding carboxylic acids is 1. The lowest BCUT2D eigenvalue weighted by Gasteiger charge is -2.27. The standard InChI is InChI=1S/C12H18N2O2/c1-3-12(2,8-15)14-11(16)9-6-4-5-7-10(9)13/h4-7,15H,3,8,13H2,1-2H3,(H,14,16). The van der Waals surface area contributed by atoms with E-state index in [-0.39, 0.29) is 12.5 Å². The summed E-state index contributed by atoms with van der Waals surface area (Å²) in [6.07, 6.45) is 0.655. The van der Waals surface area contributed by atoms with E-state index < -0.39 is 5.54 Å². The average molecular weight is 222 g/mol. The summed E-state index contributed by atoms with van der Waals surface area (Å²) in [5, 5.41) is 12.0. The minimum atomic E-state index is -0.598. The van der Waals surface area contributed by atoms with Gasteiger partial charge in [-0.15, -0.1) is 0 Å². The summed E-state index contributed by atoms with van der Waals surface area (Å²) in [5.41, 5.74) is 5.98. The van der Waals surface area contributed by atoms with Crippen LogP contribution in [0.5, 0.6) is 0 Å². The maximum atomic E-state index is 11.9. The molecule has 4 heteroatoms. The van der Waals surface area contributed by atoms with Crippen LogP contribution in [0.25, 0.3) is 0 Å². The minimum Gasteiger partial charge on any atom is -0.398 e. The van der Waals surface area contributed by atoms with Gasteiger partial charge in [0.1, 0.15) is 0 Å². The normalized spacial score (nSPS) is 14.2. The highest BCUT2D eigenvalue weighted by molar-refractivity contribution is 5.99. The minimum absolute atomic E-state index is 0.0953. The Labute approximate surface area is 95.5 Å². The van der Waals surface area contributed by atoms with Gasteiger partial charge in [-0.1, -0.05) is 19.1 Å². The summed E-state index contributed by atoms with van der Waals surface area (Å²) >= 11 is 0. The summed E-state index contributed by atoms with van der Waals surface area (Å²) in [4.78, 5) is 11.9. The Hall–Kier alpha value is -1.55. The Morgan fingerprint density at radius 1 is 1.50 bits per heavy atom. The molecule has 1 rings (SSSR count). The smallest absolute Gasteiger partial charge is 0.253 e. The number of nitrogens with one attached hydrogen (secondary N) is 1. The number of carbonyl (C=O) groups is 1. The zero-order valence-corrected chi connectivity index (χ0v) is 9.66. The van der Waals surface area contributed by atoms with Crippen LogP contribution in [0.3, 0.4) is 0 Å². The Kier molecular flexibility index (Phi) is 3.90. The molecular formula is C12H18N2O2. The molecule has 0 saturated heterocycles. The molecule has 16 heavy (non-hydrogen) atoms. The number of aliphatic hydroxyl groups is 1. The summed E-state index contributed by atoms with van der Waals surface area (Å²) in [6.45, 7) is 3.61. The average Bonchev–Trinajstić information content (AvgIpc) is 2.29. The van der Waals surface area contributed by atoms with Gasteiger partial charge in [0.15, 0.2) is 0 Å². The molecule has 0 spiro atoms. The molecule has 0 heterocycles. The van der Waals surface area contributed by atoms with Crippen molar-refractivity contribution in [3.05, 3.63) is 29.8 Å². The van der Waals surface area contributed by atoms with Crippen molar-refractivity contribution in [2.24, 2.45) is 0 Å². The molecule has 1 amide bonds. The number of amides is 1. The molecule has 0 fully saturated rings. The van der Waals surface area contributed by atoms with Gasteiger partial charge in [-0.05, 0) is 25.5 Å². The van der Waals surface area contributed by atoms with Crippen LogP contribution in [0.2, 0.25) is 0 Å². The summed E-state index contributed by atoms with van der Waals surface area (Å²) < 4.78 is 0. The predicted molar refractivity (Wildman–Crippen MR) is 64.1 cm³/mol. The Morgan fingerprint density at radius 3 is 2.62 bits per heavy atom. The molecule has 0 aliphatic rings. The highest BCUT2D eigenvalue weighted by atomic mass is 16.3. The molecule has 1 atom stereocenters. The van der Waals surface area contributed by atoms with Crippen LogP contribution >= 0.6 is 0 Å². The van der Waals surface area contributed by atoms with Crippen LogP contribution in [0.4, 0.5) is 5.69 Å². The summed E-state index contributed by atoms with van der Waals surface area (Å²) in [6, 6.07) is 6.87. The first kappa shape index (κ1) is 12.5. The van der Waals surface area contributed by atoms with Gasteiger partial charge in [0, 0.05) is 5.69 Å². The second-order valence-electron chi connectivity index (χ2n) is 4.11. The van der Waals surface area contributed by atoms with E-state index in [1.807, 2.05) is 6.92 Å². The Morgan fingerprint density at radius 2 is 2.12 bits per heavy atom. The van der Waals surface area contributed by atoms with Crippen molar-refractivity contribution in [1.82, 2.24) is 5.32 Å². The number of benzene rings is 1. The van der Waals surface area contributed by atoms with E-state index in [1.54, 1.807) is 31.2 Å². The number of nitrogens with two attached hydrogens (primary N) is 1. The van der Waals surface area contributed by atoms with Gasteiger partial charge in [0.25, 0.3) is 5.91 Å². The fourth-order valence-corrected chi connectivity index (χ4v) is 1.28. The number of aliphatic hydroxyl groups excluding tert-OH is 1. The number of hydrogen-bond acceptors (Lipinski definition) is 3. The zero-order valence-electron chi connectivity index (χ0n) is 9.66. The zero-order chi connectivity index (χ0) is 12.2. The topological polar surface area (TPSA) is 75.3 Å². The highest BCUT2D eigenvalue weighted by Gasteiger charge is 2.24. The molecule has 0 saturated carbocycles. The van der Waals surface area contributed by atoms with E-state index in [2.05, 4.69) is 5.32 Å². The first-order valence-corrected chi connectivity index (χ1v) is 5.30. The van der Waals surface area contributed by atoms with Gasteiger partial charge in [-0.2, -0.15) is 0 Å². The van der Waals surface area contributed by atoms with Crippen molar-refractivity contribution in [3.63, 3.8) is 0 Å².